The van der Waals surface area contributed by atoms with E-state index in [9.17, 15) is 14.4 Å². The van der Waals surface area contributed by atoms with Crippen LogP contribution in [0, 0.1) is 11.8 Å². The molecule has 0 spiro atoms. The summed E-state index contributed by atoms with van der Waals surface area (Å²) >= 11 is 1.34. The molecule has 3 rings (SSSR count). The lowest BCUT2D eigenvalue weighted by molar-refractivity contribution is -0.142. The number of likely N-dealkylation sites (tertiary alicyclic amines) is 1. The predicted octanol–water partition coefficient (Wildman–Crippen LogP) is 1.99. The number of unbranched alkanes of at least 4 members (excludes halogenated alkanes) is 1. The largest absolute Gasteiger partial charge is 0.299 e. The maximum Gasteiger partial charge on any atom is 0.246 e. The molecular weight excluding hydrogens is 328 g/mol. The van der Waals surface area contributed by atoms with Crippen LogP contribution in [0.15, 0.2) is 0 Å². The van der Waals surface area contributed by atoms with E-state index in [1.165, 1.54) is 11.3 Å². The molecule has 130 valence electrons. The molecule has 0 radical (unpaired) electrons. The summed E-state index contributed by atoms with van der Waals surface area (Å²) in [6.45, 7) is 1.87. The van der Waals surface area contributed by atoms with Crippen molar-refractivity contribution in [2.45, 2.75) is 51.9 Å². The third kappa shape index (κ3) is 3.48. The van der Waals surface area contributed by atoms with Crippen molar-refractivity contribution in [3.63, 3.8) is 0 Å². The Labute approximate surface area is 144 Å². The van der Waals surface area contributed by atoms with Gasteiger partial charge in [-0.3, -0.25) is 24.6 Å². The maximum atomic E-state index is 12.4. The van der Waals surface area contributed by atoms with Crippen molar-refractivity contribution in [2.24, 2.45) is 11.8 Å². The summed E-state index contributed by atoms with van der Waals surface area (Å²) in [4.78, 5) is 38.0. The summed E-state index contributed by atoms with van der Waals surface area (Å²) in [7, 11) is 0. The van der Waals surface area contributed by atoms with E-state index in [0.717, 1.165) is 54.9 Å². The predicted molar refractivity (Wildman–Crippen MR) is 89.3 cm³/mol. The molecule has 7 nitrogen and oxygen atoms in total. The van der Waals surface area contributed by atoms with Gasteiger partial charge in [0.2, 0.25) is 22.9 Å². The fourth-order valence-electron chi connectivity index (χ4n) is 3.42. The Hall–Kier alpha value is -1.83. The number of rotatable bonds is 6. The van der Waals surface area contributed by atoms with Crippen LogP contribution in [0.1, 0.15) is 50.5 Å². The number of carbonyl (C=O) groups excluding carboxylic acids is 3. The highest BCUT2D eigenvalue weighted by Crippen LogP contribution is 2.37. The molecule has 1 saturated heterocycles. The Morgan fingerprint density at radius 3 is 2.50 bits per heavy atom. The van der Waals surface area contributed by atoms with Crippen LogP contribution in [0.5, 0.6) is 0 Å². The molecule has 2 heterocycles. The Morgan fingerprint density at radius 2 is 1.88 bits per heavy atom. The zero-order valence-corrected chi connectivity index (χ0v) is 14.6. The number of aryl methyl sites for hydroxylation is 1. The Balaban J connectivity index is 1.57. The van der Waals surface area contributed by atoms with Crippen molar-refractivity contribution in [1.82, 2.24) is 15.1 Å². The van der Waals surface area contributed by atoms with Crippen LogP contribution in [-0.4, -0.2) is 39.4 Å². The first-order valence-corrected chi connectivity index (χ1v) is 9.39. The Kier molecular flexibility index (Phi) is 5.23. The first kappa shape index (κ1) is 17.0. The SMILES string of the molecule is CCCCc1nnc(NC(=O)CN2C(=O)[C@H]3CCCC[C@H]3C2=O)s1. The number of anilines is 1. The molecular formula is C16H22N4O3S. The average molecular weight is 350 g/mol. The second-order valence-corrected chi connectivity index (χ2v) is 7.47. The second kappa shape index (κ2) is 7.38. The Bertz CT molecular complexity index is 621. The van der Waals surface area contributed by atoms with Gasteiger partial charge < -0.3 is 0 Å². The summed E-state index contributed by atoms with van der Waals surface area (Å²) in [5, 5.41) is 11.9. The molecule has 24 heavy (non-hydrogen) atoms. The highest BCUT2D eigenvalue weighted by Gasteiger charge is 2.48. The molecule has 1 aromatic heterocycles. The molecule has 1 aliphatic carbocycles. The number of nitrogens with zero attached hydrogens (tertiary/aromatic N) is 3. The van der Waals surface area contributed by atoms with Gasteiger partial charge in [-0.2, -0.15) is 0 Å². The van der Waals surface area contributed by atoms with Gasteiger partial charge in [0, 0.05) is 6.42 Å². The van der Waals surface area contributed by atoms with Gasteiger partial charge in [0.1, 0.15) is 11.6 Å². The maximum absolute atomic E-state index is 12.4. The number of hydrogen-bond acceptors (Lipinski definition) is 6. The molecule has 8 heteroatoms. The molecule has 0 bridgehead atoms. The summed E-state index contributed by atoms with van der Waals surface area (Å²) in [6, 6.07) is 0. The van der Waals surface area contributed by atoms with E-state index in [4.69, 9.17) is 0 Å². The van der Waals surface area contributed by atoms with Crippen molar-refractivity contribution in [2.75, 3.05) is 11.9 Å². The highest BCUT2D eigenvalue weighted by atomic mass is 32.1. The smallest absolute Gasteiger partial charge is 0.246 e. The lowest BCUT2D eigenvalue weighted by Crippen LogP contribution is -2.38. The van der Waals surface area contributed by atoms with Crippen molar-refractivity contribution in [3.8, 4) is 0 Å². The summed E-state index contributed by atoms with van der Waals surface area (Å²) in [5.74, 6) is -1.22. The summed E-state index contributed by atoms with van der Waals surface area (Å²) < 4.78 is 0. The van der Waals surface area contributed by atoms with Crippen LogP contribution in [-0.2, 0) is 20.8 Å². The molecule has 1 aliphatic heterocycles. The van der Waals surface area contributed by atoms with Crippen LogP contribution in [0.4, 0.5) is 5.13 Å². The lowest BCUT2D eigenvalue weighted by Gasteiger charge is -2.19. The Morgan fingerprint density at radius 1 is 1.21 bits per heavy atom. The minimum absolute atomic E-state index is 0.194. The molecule has 3 amide bonds. The normalized spacial score (nSPS) is 23.5. The second-order valence-electron chi connectivity index (χ2n) is 6.41. The standard InChI is InChI=1S/C16H22N4O3S/c1-2-3-8-13-18-19-16(24-13)17-12(21)9-20-14(22)10-6-4-5-7-11(10)15(20)23/h10-11H,2-9H2,1H3,(H,17,19,21)/t10-,11+. The van der Waals surface area contributed by atoms with Crippen LogP contribution in [0.25, 0.3) is 0 Å². The van der Waals surface area contributed by atoms with E-state index in [2.05, 4.69) is 22.4 Å². The number of amides is 3. The number of hydrogen-bond donors (Lipinski definition) is 1. The average Bonchev–Trinajstić information content (AvgIpc) is 3.12. The fraction of sp³-hybridized carbons (Fsp3) is 0.688. The third-order valence-corrected chi connectivity index (χ3v) is 5.59. The lowest BCUT2D eigenvalue weighted by atomic mass is 9.81. The summed E-state index contributed by atoms with van der Waals surface area (Å²) in [6.07, 6.45) is 6.41. The molecule has 1 N–H and O–H groups in total. The van der Waals surface area contributed by atoms with Gasteiger partial charge in [-0.25, -0.2) is 0 Å². The molecule has 2 fully saturated rings. The van der Waals surface area contributed by atoms with E-state index in [0.29, 0.717) is 5.13 Å². The van der Waals surface area contributed by atoms with Crippen molar-refractivity contribution in [3.05, 3.63) is 5.01 Å². The van der Waals surface area contributed by atoms with Gasteiger partial charge in [0.15, 0.2) is 0 Å². The third-order valence-electron chi connectivity index (χ3n) is 4.69. The van der Waals surface area contributed by atoms with Gasteiger partial charge in [0.25, 0.3) is 0 Å². The van der Waals surface area contributed by atoms with Crippen molar-refractivity contribution >= 4 is 34.2 Å². The van der Waals surface area contributed by atoms with Gasteiger partial charge in [0.05, 0.1) is 11.8 Å². The van der Waals surface area contributed by atoms with Crippen LogP contribution >= 0.6 is 11.3 Å². The van der Waals surface area contributed by atoms with Gasteiger partial charge in [-0.05, 0) is 19.3 Å². The topological polar surface area (TPSA) is 92.3 Å². The minimum Gasteiger partial charge on any atom is -0.299 e. The van der Waals surface area contributed by atoms with E-state index < -0.39 is 5.91 Å². The van der Waals surface area contributed by atoms with Gasteiger partial charge in [-0.1, -0.05) is 37.5 Å². The number of fused-ring (bicyclic) bond motifs is 1. The molecule has 1 saturated carbocycles. The number of imide groups is 1. The first-order chi connectivity index (χ1) is 11.6. The molecule has 2 atom stereocenters. The minimum atomic E-state index is -0.395. The van der Waals surface area contributed by atoms with Crippen molar-refractivity contribution < 1.29 is 14.4 Å². The fourth-order valence-corrected chi connectivity index (χ4v) is 4.22. The molecule has 1 aromatic rings. The number of aromatic nitrogens is 2. The van der Waals surface area contributed by atoms with Crippen LogP contribution < -0.4 is 5.32 Å². The van der Waals surface area contributed by atoms with Crippen LogP contribution in [0.2, 0.25) is 0 Å². The monoisotopic (exact) mass is 350 g/mol. The van der Waals surface area contributed by atoms with Gasteiger partial charge in [-0.15, -0.1) is 10.2 Å². The van der Waals surface area contributed by atoms with E-state index in [1.807, 2.05) is 0 Å². The zero-order chi connectivity index (χ0) is 17.1. The van der Waals surface area contributed by atoms with Crippen molar-refractivity contribution in [1.29, 1.82) is 0 Å². The van der Waals surface area contributed by atoms with E-state index >= 15 is 0 Å². The van der Waals surface area contributed by atoms with Gasteiger partial charge >= 0.3 is 0 Å². The van der Waals surface area contributed by atoms with E-state index in [-0.39, 0.29) is 30.2 Å². The van der Waals surface area contributed by atoms with E-state index in [1.54, 1.807) is 0 Å². The first-order valence-electron chi connectivity index (χ1n) is 8.57. The van der Waals surface area contributed by atoms with Crippen LogP contribution in [0.3, 0.4) is 0 Å². The number of nitrogens with one attached hydrogen (secondary N) is 1. The zero-order valence-electron chi connectivity index (χ0n) is 13.8. The quantitative estimate of drug-likeness (QED) is 0.792. The summed E-state index contributed by atoms with van der Waals surface area (Å²) in [5.41, 5.74) is 0. The molecule has 0 unspecified atom stereocenters. The number of carbonyl (C=O) groups is 3. The molecule has 2 aliphatic rings. The molecule has 0 aromatic carbocycles. The highest BCUT2D eigenvalue weighted by molar-refractivity contribution is 7.15.